The summed E-state index contributed by atoms with van der Waals surface area (Å²) in [7, 11) is 0. The summed E-state index contributed by atoms with van der Waals surface area (Å²) in [4.78, 5) is 11.9. The molecular weight excluding hydrogens is 331 g/mol. The van der Waals surface area contributed by atoms with Gasteiger partial charge in [0.25, 0.3) is 0 Å². The number of aromatic nitrogens is 3. The highest BCUT2D eigenvalue weighted by molar-refractivity contribution is 7.18. The van der Waals surface area contributed by atoms with E-state index in [0.717, 1.165) is 16.7 Å². The fourth-order valence-corrected chi connectivity index (χ4v) is 3.32. The average Bonchev–Trinajstić information content (AvgIpc) is 3.13. The molecule has 0 bridgehead atoms. The van der Waals surface area contributed by atoms with Crippen molar-refractivity contribution in [2.45, 2.75) is 13.1 Å². The van der Waals surface area contributed by atoms with Crippen molar-refractivity contribution in [3.05, 3.63) is 34.8 Å². The Bertz CT molecular complexity index is 870. The first-order chi connectivity index (χ1) is 10.9. The Morgan fingerprint density at radius 1 is 1.35 bits per heavy atom. The Morgan fingerprint density at radius 3 is 2.83 bits per heavy atom. The normalized spacial score (nSPS) is 11.8. The SMILES string of the molecule is CCOC(=O)c1n[nH]nc1-c1cccc2c(C(F)(F)F)csc12. The number of nitrogens with zero attached hydrogens (tertiary/aromatic N) is 2. The van der Waals surface area contributed by atoms with Gasteiger partial charge in [0.1, 0.15) is 5.69 Å². The summed E-state index contributed by atoms with van der Waals surface area (Å²) in [5.41, 5.74) is -0.189. The highest BCUT2D eigenvalue weighted by Gasteiger charge is 2.34. The number of ether oxygens (including phenoxy) is 1. The van der Waals surface area contributed by atoms with Gasteiger partial charge in [0.05, 0.1) is 12.2 Å². The molecule has 120 valence electrons. The van der Waals surface area contributed by atoms with Gasteiger partial charge in [0.2, 0.25) is 0 Å². The van der Waals surface area contributed by atoms with Gasteiger partial charge < -0.3 is 4.74 Å². The summed E-state index contributed by atoms with van der Waals surface area (Å²) in [6.45, 7) is 1.81. The van der Waals surface area contributed by atoms with Crippen molar-refractivity contribution >= 4 is 27.4 Å². The second-order valence-electron chi connectivity index (χ2n) is 4.57. The summed E-state index contributed by atoms with van der Waals surface area (Å²) in [6, 6.07) is 4.48. The molecule has 0 spiro atoms. The molecule has 0 saturated heterocycles. The van der Waals surface area contributed by atoms with Gasteiger partial charge in [-0.2, -0.15) is 23.5 Å². The predicted octanol–water partition coefficient (Wildman–Crippen LogP) is 3.88. The summed E-state index contributed by atoms with van der Waals surface area (Å²) in [5, 5.41) is 11.1. The van der Waals surface area contributed by atoms with Gasteiger partial charge in [-0.1, -0.05) is 18.2 Å². The molecule has 1 N–H and O–H groups in total. The monoisotopic (exact) mass is 341 g/mol. The van der Waals surface area contributed by atoms with E-state index in [0.29, 0.717) is 10.3 Å². The number of carbonyl (C=O) groups excluding carboxylic acids is 1. The van der Waals surface area contributed by atoms with E-state index in [1.807, 2.05) is 0 Å². The van der Waals surface area contributed by atoms with Crippen LogP contribution in [0.25, 0.3) is 21.3 Å². The first-order valence-corrected chi connectivity index (χ1v) is 7.47. The Hall–Kier alpha value is -2.42. The number of thiophene rings is 1. The third kappa shape index (κ3) is 2.67. The number of aromatic amines is 1. The maximum atomic E-state index is 13.0. The molecule has 2 aromatic heterocycles. The van der Waals surface area contributed by atoms with Crippen LogP contribution >= 0.6 is 11.3 Å². The molecule has 3 aromatic rings. The highest BCUT2D eigenvalue weighted by atomic mass is 32.1. The quantitative estimate of drug-likeness (QED) is 0.734. The number of halogens is 3. The predicted molar refractivity (Wildman–Crippen MR) is 78.2 cm³/mol. The first-order valence-electron chi connectivity index (χ1n) is 6.59. The number of hydrogen-bond donors (Lipinski definition) is 1. The van der Waals surface area contributed by atoms with Crippen LogP contribution < -0.4 is 0 Å². The van der Waals surface area contributed by atoms with E-state index in [1.54, 1.807) is 13.0 Å². The van der Waals surface area contributed by atoms with Crippen LogP contribution in [-0.4, -0.2) is 28.0 Å². The van der Waals surface area contributed by atoms with Gasteiger partial charge in [-0.3, -0.25) is 0 Å². The van der Waals surface area contributed by atoms with Crippen LogP contribution in [0.2, 0.25) is 0 Å². The van der Waals surface area contributed by atoms with E-state index in [1.165, 1.54) is 12.1 Å². The Morgan fingerprint density at radius 2 is 2.13 bits per heavy atom. The fraction of sp³-hybridized carbons (Fsp3) is 0.214. The lowest BCUT2D eigenvalue weighted by Crippen LogP contribution is -2.07. The number of carbonyl (C=O) groups is 1. The van der Waals surface area contributed by atoms with E-state index < -0.39 is 17.7 Å². The lowest BCUT2D eigenvalue weighted by atomic mass is 10.1. The number of alkyl halides is 3. The molecule has 2 heterocycles. The molecule has 0 radical (unpaired) electrons. The van der Waals surface area contributed by atoms with Gasteiger partial charge in [0, 0.05) is 21.0 Å². The third-order valence-corrected chi connectivity index (χ3v) is 4.21. The minimum atomic E-state index is -4.44. The molecule has 0 aliphatic carbocycles. The topological polar surface area (TPSA) is 67.9 Å². The van der Waals surface area contributed by atoms with Crippen molar-refractivity contribution in [3.63, 3.8) is 0 Å². The van der Waals surface area contributed by atoms with Crippen molar-refractivity contribution in [2.75, 3.05) is 6.61 Å². The van der Waals surface area contributed by atoms with Gasteiger partial charge in [-0.05, 0) is 6.92 Å². The summed E-state index contributed by atoms with van der Waals surface area (Å²) >= 11 is 0.946. The third-order valence-electron chi connectivity index (χ3n) is 3.18. The van der Waals surface area contributed by atoms with Crippen molar-refractivity contribution in [2.24, 2.45) is 0 Å². The molecule has 0 amide bonds. The highest BCUT2D eigenvalue weighted by Crippen LogP contribution is 2.42. The number of hydrogen-bond acceptors (Lipinski definition) is 5. The number of esters is 1. The lowest BCUT2D eigenvalue weighted by molar-refractivity contribution is -0.136. The smallest absolute Gasteiger partial charge is 0.417 e. The van der Waals surface area contributed by atoms with Gasteiger partial charge in [0.15, 0.2) is 5.69 Å². The lowest BCUT2D eigenvalue weighted by Gasteiger charge is -2.06. The number of benzene rings is 1. The molecule has 0 aliphatic heterocycles. The summed E-state index contributed by atoms with van der Waals surface area (Å²) in [6.07, 6.45) is -4.44. The van der Waals surface area contributed by atoms with Crippen LogP contribution in [-0.2, 0) is 10.9 Å². The molecular formula is C14H10F3N3O2S. The molecule has 1 aromatic carbocycles. The van der Waals surface area contributed by atoms with Gasteiger partial charge >= 0.3 is 12.1 Å². The second kappa shape index (κ2) is 5.65. The molecule has 0 aliphatic rings. The van der Waals surface area contributed by atoms with Crippen LogP contribution in [0.1, 0.15) is 23.0 Å². The molecule has 0 fully saturated rings. The van der Waals surface area contributed by atoms with E-state index in [4.69, 9.17) is 4.74 Å². The minimum absolute atomic E-state index is 0.0543. The number of rotatable bonds is 3. The van der Waals surface area contributed by atoms with Crippen LogP contribution in [0.5, 0.6) is 0 Å². The fourth-order valence-electron chi connectivity index (χ4n) is 2.22. The van der Waals surface area contributed by atoms with Crippen molar-refractivity contribution in [1.29, 1.82) is 0 Å². The molecule has 0 unspecified atom stereocenters. The maximum Gasteiger partial charge on any atom is 0.417 e. The molecule has 0 atom stereocenters. The molecule has 5 nitrogen and oxygen atoms in total. The number of H-pyrrole nitrogens is 1. The number of nitrogens with one attached hydrogen (secondary N) is 1. The van der Waals surface area contributed by atoms with Crippen LogP contribution in [0, 0.1) is 0 Å². The average molecular weight is 341 g/mol. The van der Waals surface area contributed by atoms with Crippen molar-refractivity contribution in [1.82, 2.24) is 15.4 Å². The van der Waals surface area contributed by atoms with Gasteiger partial charge in [-0.25, -0.2) is 4.79 Å². The summed E-state index contributed by atoms with van der Waals surface area (Å²) < 4.78 is 44.4. The first kappa shape index (κ1) is 15.5. The van der Waals surface area contributed by atoms with E-state index in [2.05, 4.69) is 15.4 Å². The second-order valence-corrected chi connectivity index (χ2v) is 5.45. The molecule has 23 heavy (non-hydrogen) atoms. The van der Waals surface area contributed by atoms with Crippen LogP contribution in [0.4, 0.5) is 13.2 Å². The Kier molecular flexibility index (Phi) is 3.80. The van der Waals surface area contributed by atoms with Crippen molar-refractivity contribution in [3.8, 4) is 11.3 Å². The zero-order valence-electron chi connectivity index (χ0n) is 11.8. The van der Waals surface area contributed by atoms with Crippen LogP contribution in [0.3, 0.4) is 0 Å². The number of fused-ring (bicyclic) bond motifs is 1. The van der Waals surface area contributed by atoms with Gasteiger partial charge in [-0.15, -0.1) is 16.4 Å². The molecule has 3 rings (SSSR count). The minimum Gasteiger partial charge on any atom is -0.461 e. The van der Waals surface area contributed by atoms with Crippen molar-refractivity contribution < 1.29 is 22.7 Å². The maximum absolute atomic E-state index is 13.0. The Balaban J connectivity index is 2.18. The van der Waals surface area contributed by atoms with E-state index >= 15 is 0 Å². The van der Waals surface area contributed by atoms with Crippen LogP contribution in [0.15, 0.2) is 23.6 Å². The van der Waals surface area contributed by atoms with E-state index in [9.17, 15) is 18.0 Å². The zero-order valence-corrected chi connectivity index (χ0v) is 12.6. The zero-order chi connectivity index (χ0) is 16.6. The molecule has 9 heteroatoms. The summed E-state index contributed by atoms with van der Waals surface area (Å²) in [5.74, 6) is -0.680. The molecule has 0 saturated carbocycles. The Labute approximate surface area is 132 Å². The largest absolute Gasteiger partial charge is 0.461 e. The van der Waals surface area contributed by atoms with E-state index in [-0.39, 0.29) is 23.4 Å². The standard InChI is InChI=1S/C14H10F3N3O2S/c1-2-22-13(21)11-10(18-20-19-11)8-5-3-4-7-9(14(15,16)17)6-23-12(7)8/h3-6H,2H2,1H3,(H,18,19,20).